The summed E-state index contributed by atoms with van der Waals surface area (Å²) in [5.74, 6) is -1.71. The van der Waals surface area contributed by atoms with E-state index in [0.29, 0.717) is 11.0 Å². The average Bonchev–Trinajstić information content (AvgIpc) is 3.05. The SMILES string of the molecule is O=C(O)c1c(CS(=O)(=O)c2cccs2)oc2ccccc12. The molecule has 0 spiro atoms. The van der Waals surface area contributed by atoms with E-state index in [9.17, 15) is 18.3 Å². The van der Waals surface area contributed by atoms with Gasteiger partial charge in [0, 0.05) is 5.39 Å². The summed E-state index contributed by atoms with van der Waals surface area (Å²) in [4.78, 5) is 11.4. The van der Waals surface area contributed by atoms with Crippen molar-refractivity contribution in [2.75, 3.05) is 0 Å². The monoisotopic (exact) mass is 322 g/mol. The van der Waals surface area contributed by atoms with Crippen LogP contribution in [-0.4, -0.2) is 19.5 Å². The molecule has 0 radical (unpaired) electrons. The van der Waals surface area contributed by atoms with E-state index in [1.165, 1.54) is 6.07 Å². The number of fused-ring (bicyclic) bond motifs is 1. The van der Waals surface area contributed by atoms with Gasteiger partial charge in [-0.1, -0.05) is 24.3 Å². The highest BCUT2D eigenvalue weighted by Gasteiger charge is 2.26. The fraction of sp³-hybridized carbons (Fsp3) is 0.0714. The van der Waals surface area contributed by atoms with Crippen LogP contribution in [-0.2, 0) is 15.6 Å². The van der Waals surface area contributed by atoms with E-state index in [4.69, 9.17) is 4.42 Å². The molecular weight excluding hydrogens is 312 g/mol. The highest BCUT2D eigenvalue weighted by Crippen LogP contribution is 2.29. The van der Waals surface area contributed by atoms with Crippen LogP contribution in [0, 0.1) is 0 Å². The van der Waals surface area contributed by atoms with Crippen molar-refractivity contribution in [1.29, 1.82) is 0 Å². The summed E-state index contributed by atoms with van der Waals surface area (Å²) in [6.07, 6.45) is 0. The van der Waals surface area contributed by atoms with E-state index in [1.807, 2.05) is 0 Å². The maximum Gasteiger partial charge on any atom is 0.339 e. The third-order valence-corrected chi connectivity index (χ3v) is 6.11. The van der Waals surface area contributed by atoms with E-state index >= 15 is 0 Å². The zero-order chi connectivity index (χ0) is 15.0. The molecule has 108 valence electrons. The highest BCUT2D eigenvalue weighted by molar-refractivity contribution is 7.92. The lowest BCUT2D eigenvalue weighted by Crippen LogP contribution is -2.07. The Bertz CT molecular complexity index is 904. The quantitative estimate of drug-likeness (QED) is 0.797. The number of carboxylic acid groups (broad SMARTS) is 1. The second-order valence-corrected chi connectivity index (χ2v) is 7.56. The van der Waals surface area contributed by atoms with E-state index in [-0.39, 0.29) is 15.5 Å². The Hall–Kier alpha value is -2.12. The first-order chi connectivity index (χ1) is 9.99. The number of hydrogen-bond acceptors (Lipinski definition) is 5. The molecule has 0 aliphatic heterocycles. The molecule has 3 aromatic rings. The molecule has 0 aliphatic rings. The van der Waals surface area contributed by atoms with Gasteiger partial charge in [0.15, 0.2) is 9.84 Å². The largest absolute Gasteiger partial charge is 0.478 e. The van der Waals surface area contributed by atoms with Crippen LogP contribution >= 0.6 is 11.3 Å². The first-order valence-corrected chi connectivity index (χ1v) is 8.52. The van der Waals surface area contributed by atoms with Crippen molar-refractivity contribution >= 4 is 38.1 Å². The van der Waals surface area contributed by atoms with Crippen molar-refractivity contribution in [2.24, 2.45) is 0 Å². The van der Waals surface area contributed by atoms with Crippen molar-refractivity contribution in [3.8, 4) is 0 Å². The van der Waals surface area contributed by atoms with E-state index in [2.05, 4.69) is 0 Å². The minimum absolute atomic E-state index is 0.0444. The molecule has 5 nitrogen and oxygen atoms in total. The molecule has 0 atom stereocenters. The van der Waals surface area contributed by atoms with Gasteiger partial charge in [-0.05, 0) is 17.5 Å². The van der Waals surface area contributed by atoms with Crippen LogP contribution in [0.1, 0.15) is 16.1 Å². The lowest BCUT2D eigenvalue weighted by Gasteiger charge is -2.00. The van der Waals surface area contributed by atoms with Crippen molar-refractivity contribution in [3.63, 3.8) is 0 Å². The molecule has 2 heterocycles. The first-order valence-electron chi connectivity index (χ1n) is 5.99. The van der Waals surface area contributed by atoms with Crippen LogP contribution in [0.15, 0.2) is 50.4 Å². The van der Waals surface area contributed by atoms with E-state index in [1.54, 1.807) is 35.7 Å². The summed E-state index contributed by atoms with van der Waals surface area (Å²) in [5.41, 5.74) is 0.275. The molecule has 3 rings (SSSR count). The van der Waals surface area contributed by atoms with Gasteiger partial charge in [0.25, 0.3) is 0 Å². The van der Waals surface area contributed by atoms with Gasteiger partial charge in [-0.25, -0.2) is 13.2 Å². The van der Waals surface area contributed by atoms with Crippen molar-refractivity contribution in [1.82, 2.24) is 0 Å². The van der Waals surface area contributed by atoms with E-state index < -0.39 is 21.6 Å². The number of hydrogen-bond donors (Lipinski definition) is 1. The number of benzene rings is 1. The summed E-state index contributed by atoms with van der Waals surface area (Å²) < 4.78 is 30.2. The number of sulfone groups is 1. The van der Waals surface area contributed by atoms with Crippen LogP contribution in [0.2, 0.25) is 0 Å². The lowest BCUT2D eigenvalue weighted by atomic mass is 10.1. The average molecular weight is 322 g/mol. The normalized spacial score (nSPS) is 11.8. The Morgan fingerprint density at radius 1 is 1.19 bits per heavy atom. The molecule has 0 bridgehead atoms. The fourth-order valence-electron chi connectivity index (χ4n) is 2.12. The van der Waals surface area contributed by atoms with Crippen molar-refractivity contribution < 1.29 is 22.7 Å². The summed E-state index contributed by atoms with van der Waals surface area (Å²) in [6, 6.07) is 9.72. The van der Waals surface area contributed by atoms with Crippen LogP contribution in [0.5, 0.6) is 0 Å². The minimum Gasteiger partial charge on any atom is -0.478 e. The molecule has 0 amide bonds. The highest BCUT2D eigenvalue weighted by atomic mass is 32.2. The molecule has 7 heteroatoms. The summed E-state index contributed by atoms with van der Waals surface area (Å²) in [7, 11) is -3.61. The summed E-state index contributed by atoms with van der Waals surface area (Å²) >= 11 is 1.09. The van der Waals surface area contributed by atoms with Crippen LogP contribution in [0.25, 0.3) is 11.0 Å². The molecular formula is C14H10O5S2. The van der Waals surface area contributed by atoms with Crippen LogP contribution < -0.4 is 0 Å². The Labute approximate surface area is 124 Å². The van der Waals surface area contributed by atoms with Gasteiger partial charge >= 0.3 is 5.97 Å². The number of rotatable bonds is 4. The third kappa shape index (κ3) is 2.45. The maximum absolute atomic E-state index is 12.3. The molecule has 0 fully saturated rings. The van der Waals surface area contributed by atoms with Gasteiger partial charge in [-0.3, -0.25) is 0 Å². The predicted octanol–water partition coefficient (Wildman–Crippen LogP) is 3.17. The Morgan fingerprint density at radius 3 is 2.62 bits per heavy atom. The second-order valence-electron chi connectivity index (χ2n) is 4.39. The molecule has 1 aromatic carbocycles. The van der Waals surface area contributed by atoms with Crippen LogP contribution in [0.3, 0.4) is 0 Å². The number of furan rings is 1. The summed E-state index contributed by atoms with van der Waals surface area (Å²) in [5, 5.41) is 11.4. The number of aromatic carboxylic acids is 1. The fourth-order valence-corrected chi connectivity index (χ4v) is 4.47. The zero-order valence-electron chi connectivity index (χ0n) is 10.6. The zero-order valence-corrected chi connectivity index (χ0v) is 12.3. The maximum atomic E-state index is 12.3. The third-order valence-electron chi connectivity index (χ3n) is 3.00. The van der Waals surface area contributed by atoms with Crippen LogP contribution in [0.4, 0.5) is 0 Å². The molecule has 0 aliphatic carbocycles. The Kier molecular flexibility index (Phi) is 3.30. The molecule has 21 heavy (non-hydrogen) atoms. The lowest BCUT2D eigenvalue weighted by molar-refractivity contribution is 0.0697. The van der Waals surface area contributed by atoms with Gasteiger partial charge in [0.2, 0.25) is 0 Å². The van der Waals surface area contributed by atoms with Gasteiger partial charge in [-0.15, -0.1) is 11.3 Å². The number of para-hydroxylation sites is 1. The Balaban J connectivity index is 2.13. The van der Waals surface area contributed by atoms with E-state index in [0.717, 1.165) is 11.3 Å². The predicted molar refractivity (Wildman–Crippen MR) is 78.4 cm³/mol. The molecule has 0 saturated carbocycles. The number of thiophene rings is 1. The second kappa shape index (κ2) is 5.01. The van der Waals surface area contributed by atoms with Gasteiger partial charge in [0.1, 0.15) is 26.9 Å². The number of carboxylic acids is 1. The molecule has 0 unspecified atom stereocenters. The topological polar surface area (TPSA) is 84.6 Å². The smallest absolute Gasteiger partial charge is 0.339 e. The van der Waals surface area contributed by atoms with Gasteiger partial charge in [0.05, 0.1) is 0 Å². The van der Waals surface area contributed by atoms with Crippen molar-refractivity contribution in [3.05, 3.63) is 53.1 Å². The van der Waals surface area contributed by atoms with Crippen molar-refractivity contribution in [2.45, 2.75) is 9.96 Å². The first kappa shape index (κ1) is 13.8. The summed E-state index contributed by atoms with van der Waals surface area (Å²) in [6.45, 7) is 0. The molecule has 1 N–H and O–H groups in total. The minimum atomic E-state index is -3.61. The van der Waals surface area contributed by atoms with Gasteiger partial charge in [-0.2, -0.15) is 0 Å². The standard InChI is InChI=1S/C14H10O5S2/c15-14(16)13-9-4-1-2-5-10(9)19-11(13)8-21(17,18)12-6-3-7-20-12/h1-7H,8H2,(H,15,16). The number of carbonyl (C=O) groups is 1. The Morgan fingerprint density at radius 2 is 1.95 bits per heavy atom. The molecule has 0 saturated heterocycles. The molecule has 2 aromatic heterocycles. The van der Waals surface area contributed by atoms with Gasteiger partial charge < -0.3 is 9.52 Å².